The lowest BCUT2D eigenvalue weighted by Crippen LogP contribution is -2.32. The highest BCUT2D eigenvalue weighted by Gasteiger charge is 2.24. The first-order valence-electron chi connectivity index (χ1n) is 11.2. The number of aromatic nitrogens is 1. The van der Waals surface area contributed by atoms with E-state index in [1.165, 1.54) is 30.5 Å². The maximum Gasteiger partial charge on any atom is 0.113 e. The summed E-state index contributed by atoms with van der Waals surface area (Å²) in [4.78, 5) is 7.02. The minimum absolute atomic E-state index is 0.559. The maximum absolute atomic E-state index is 5.96. The Hall–Kier alpha value is -2.64. The number of hydrogen-bond donors (Lipinski definition) is 0. The molecule has 1 aliphatic rings. The Morgan fingerprint density at radius 1 is 1.00 bits per heavy atom. The molecule has 164 valence electrons. The second-order valence-electron chi connectivity index (χ2n) is 8.28. The zero-order valence-electron chi connectivity index (χ0n) is 18.6. The first kappa shape index (κ1) is 22.6. The molecule has 2 aromatic carbocycles. The molecular weight excluding hydrogens is 416 g/mol. The largest absolute Gasteiger partial charge is 0.383 e. The molecule has 4 rings (SSSR count). The van der Waals surface area contributed by atoms with Crippen LogP contribution in [0.25, 0.3) is 11.1 Å². The topological polar surface area (TPSA) is 25.4 Å². The maximum atomic E-state index is 5.96. The van der Waals surface area contributed by atoms with Crippen molar-refractivity contribution >= 4 is 11.6 Å². The predicted octanol–water partition coefficient (Wildman–Crippen LogP) is 6.00. The van der Waals surface area contributed by atoms with Crippen LogP contribution in [0.3, 0.4) is 0 Å². The Bertz CT molecular complexity index is 1050. The standard InChI is InChI=1S/C28H29ClN2O/c1-32-21-28-7-4-18-31(28)20-23-10-8-22(9-11-23)5-2-3-6-27-17-14-25(19-30-27)24-12-15-26(29)16-13-24/h8-17,19,28H,2,4-5,7,18,20-21H2,1H3. The fraction of sp³-hybridized carbons (Fsp3) is 0.321. The molecule has 0 aliphatic carbocycles. The Morgan fingerprint density at radius 3 is 2.47 bits per heavy atom. The van der Waals surface area contributed by atoms with E-state index in [9.17, 15) is 0 Å². The minimum Gasteiger partial charge on any atom is -0.383 e. The summed E-state index contributed by atoms with van der Waals surface area (Å²) >= 11 is 5.96. The lowest BCUT2D eigenvalue weighted by molar-refractivity contribution is 0.112. The van der Waals surface area contributed by atoms with Crippen molar-refractivity contribution in [1.29, 1.82) is 0 Å². The number of hydrogen-bond acceptors (Lipinski definition) is 3. The molecule has 0 amide bonds. The van der Waals surface area contributed by atoms with Crippen molar-refractivity contribution in [3.8, 4) is 23.0 Å². The van der Waals surface area contributed by atoms with Gasteiger partial charge in [0.15, 0.2) is 0 Å². The number of halogens is 1. The SMILES string of the molecule is COCC1CCCN1Cc1ccc(CCC#Cc2ccc(-c3ccc(Cl)cc3)cn2)cc1. The molecule has 1 aromatic heterocycles. The van der Waals surface area contributed by atoms with Gasteiger partial charge in [0.25, 0.3) is 0 Å². The van der Waals surface area contributed by atoms with E-state index in [0.29, 0.717) is 6.04 Å². The fourth-order valence-corrected chi connectivity index (χ4v) is 4.30. The highest BCUT2D eigenvalue weighted by molar-refractivity contribution is 6.30. The van der Waals surface area contributed by atoms with Crippen LogP contribution in [0.15, 0.2) is 66.9 Å². The second kappa shape index (κ2) is 11.3. The van der Waals surface area contributed by atoms with Gasteiger partial charge in [-0.2, -0.15) is 0 Å². The Balaban J connectivity index is 1.26. The van der Waals surface area contributed by atoms with Crippen LogP contribution in [0.4, 0.5) is 0 Å². The number of likely N-dealkylation sites (tertiary alicyclic amines) is 1. The van der Waals surface area contributed by atoms with Crippen molar-refractivity contribution in [3.05, 3.63) is 88.7 Å². The van der Waals surface area contributed by atoms with Crippen molar-refractivity contribution in [2.45, 2.75) is 38.3 Å². The van der Waals surface area contributed by atoms with E-state index >= 15 is 0 Å². The number of methoxy groups -OCH3 is 1. The molecule has 32 heavy (non-hydrogen) atoms. The van der Waals surface area contributed by atoms with Crippen molar-refractivity contribution in [2.75, 3.05) is 20.3 Å². The van der Waals surface area contributed by atoms with E-state index in [0.717, 1.165) is 47.8 Å². The van der Waals surface area contributed by atoms with Gasteiger partial charge < -0.3 is 4.74 Å². The quantitative estimate of drug-likeness (QED) is 0.418. The molecule has 0 N–H and O–H groups in total. The average molecular weight is 445 g/mol. The van der Waals surface area contributed by atoms with E-state index in [4.69, 9.17) is 16.3 Å². The van der Waals surface area contributed by atoms with E-state index in [1.54, 1.807) is 7.11 Å². The summed E-state index contributed by atoms with van der Waals surface area (Å²) in [6.07, 6.45) is 6.14. The van der Waals surface area contributed by atoms with Gasteiger partial charge >= 0.3 is 0 Å². The Kier molecular flexibility index (Phi) is 7.96. The molecular formula is C28H29ClN2O. The summed E-state index contributed by atoms with van der Waals surface area (Å²) in [5.41, 5.74) is 5.66. The third-order valence-electron chi connectivity index (χ3n) is 5.96. The summed E-state index contributed by atoms with van der Waals surface area (Å²) in [5, 5.41) is 0.737. The predicted molar refractivity (Wildman–Crippen MR) is 132 cm³/mol. The molecule has 1 fully saturated rings. The number of ether oxygens (including phenoxy) is 1. The fourth-order valence-electron chi connectivity index (χ4n) is 4.17. The first-order chi connectivity index (χ1) is 15.7. The lowest BCUT2D eigenvalue weighted by Gasteiger charge is -2.23. The summed E-state index contributed by atoms with van der Waals surface area (Å²) in [5.74, 6) is 6.44. The van der Waals surface area contributed by atoms with Crippen LogP contribution in [0.1, 0.15) is 36.1 Å². The third-order valence-corrected chi connectivity index (χ3v) is 6.21. The van der Waals surface area contributed by atoms with E-state index < -0.39 is 0 Å². The van der Waals surface area contributed by atoms with Crippen LogP contribution in [-0.2, 0) is 17.7 Å². The monoisotopic (exact) mass is 444 g/mol. The summed E-state index contributed by atoms with van der Waals surface area (Å²) in [6.45, 7) is 3.00. The molecule has 1 atom stereocenters. The molecule has 0 radical (unpaired) electrons. The summed E-state index contributed by atoms with van der Waals surface area (Å²) < 4.78 is 5.37. The highest BCUT2D eigenvalue weighted by Crippen LogP contribution is 2.22. The minimum atomic E-state index is 0.559. The van der Waals surface area contributed by atoms with Gasteiger partial charge in [-0.15, -0.1) is 0 Å². The van der Waals surface area contributed by atoms with Crippen molar-refractivity contribution < 1.29 is 4.74 Å². The number of pyridine rings is 1. The zero-order valence-corrected chi connectivity index (χ0v) is 19.3. The van der Waals surface area contributed by atoms with Gasteiger partial charge in [-0.1, -0.05) is 60.0 Å². The van der Waals surface area contributed by atoms with Gasteiger partial charge in [-0.3, -0.25) is 4.90 Å². The molecule has 1 aliphatic heterocycles. The van der Waals surface area contributed by atoms with Crippen LogP contribution in [-0.4, -0.2) is 36.2 Å². The van der Waals surface area contributed by atoms with Crippen LogP contribution in [0.5, 0.6) is 0 Å². The smallest absolute Gasteiger partial charge is 0.113 e. The average Bonchev–Trinajstić information content (AvgIpc) is 3.26. The zero-order chi connectivity index (χ0) is 22.2. The molecule has 1 saturated heterocycles. The van der Waals surface area contributed by atoms with Crippen molar-refractivity contribution in [3.63, 3.8) is 0 Å². The Morgan fingerprint density at radius 2 is 1.75 bits per heavy atom. The van der Waals surface area contributed by atoms with Gasteiger partial charge in [0.2, 0.25) is 0 Å². The van der Waals surface area contributed by atoms with Crippen LogP contribution in [0.2, 0.25) is 5.02 Å². The Labute approximate surface area is 196 Å². The third kappa shape index (κ3) is 6.20. The van der Waals surface area contributed by atoms with E-state index in [-0.39, 0.29) is 0 Å². The number of rotatable bonds is 7. The number of nitrogens with zero attached hydrogens (tertiary/aromatic N) is 2. The number of aryl methyl sites for hydroxylation is 1. The molecule has 0 bridgehead atoms. The highest BCUT2D eigenvalue weighted by atomic mass is 35.5. The summed E-state index contributed by atoms with van der Waals surface area (Å²) in [6, 6.07) is 21.3. The van der Waals surface area contributed by atoms with Crippen LogP contribution < -0.4 is 0 Å². The van der Waals surface area contributed by atoms with Gasteiger partial charge in [0.1, 0.15) is 5.69 Å². The molecule has 1 unspecified atom stereocenters. The van der Waals surface area contributed by atoms with Gasteiger partial charge in [-0.25, -0.2) is 4.98 Å². The molecule has 0 saturated carbocycles. The second-order valence-corrected chi connectivity index (χ2v) is 8.72. The van der Waals surface area contributed by atoms with Gasteiger partial charge in [0.05, 0.1) is 6.61 Å². The summed E-state index contributed by atoms with van der Waals surface area (Å²) in [7, 11) is 1.79. The van der Waals surface area contributed by atoms with Crippen LogP contribution >= 0.6 is 11.6 Å². The molecule has 3 aromatic rings. The van der Waals surface area contributed by atoms with E-state index in [1.807, 2.05) is 36.5 Å². The molecule has 2 heterocycles. The first-order valence-corrected chi connectivity index (χ1v) is 11.6. The lowest BCUT2D eigenvalue weighted by atomic mass is 10.1. The van der Waals surface area contributed by atoms with Crippen LogP contribution in [0, 0.1) is 11.8 Å². The van der Waals surface area contributed by atoms with E-state index in [2.05, 4.69) is 52.1 Å². The molecule has 4 heteroatoms. The molecule has 0 spiro atoms. The number of benzene rings is 2. The normalized spacial score (nSPS) is 16.0. The van der Waals surface area contributed by atoms with Crippen molar-refractivity contribution in [1.82, 2.24) is 9.88 Å². The molecule has 3 nitrogen and oxygen atoms in total. The van der Waals surface area contributed by atoms with Gasteiger partial charge in [0, 0.05) is 42.9 Å². The van der Waals surface area contributed by atoms with Gasteiger partial charge in [-0.05, 0) is 66.6 Å². The van der Waals surface area contributed by atoms with Crippen molar-refractivity contribution in [2.24, 2.45) is 0 Å².